The Morgan fingerprint density at radius 2 is 1.90 bits per heavy atom. The maximum absolute atomic E-state index is 13.1. The number of hydrogen-bond donors (Lipinski definition) is 1. The summed E-state index contributed by atoms with van der Waals surface area (Å²) in [6.07, 6.45) is 0.465. The maximum atomic E-state index is 13.1. The molecule has 1 N–H and O–H groups in total. The molecule has 0 unspecified atom stereocenters. The van der Waals surface area contributed by atoms with Gasteiger partial charge in [0, 0.05) is 18.5 Å². The number of rotatable bonds is 5. The summed E-state index contributed by atoms with van der Waals surface area (Å²) in [5.74, 6) is -0.832. The molecule has 0 radical (unpaired) electrons. The van der Waals surface area contributed by atoms with E-state index in [1.54, 1.807) is 0 Å². The molecule has 2 heterocycles. The molecule has 6 heteroatoms. The first-order valence-electron chi connectivity index (χ1n) is 9.74. The van der Waals surface area contributed by atoms with E-state index in [4.69, 9.17) is 5.11 Å². The van der Waals surface area contributed by atoms with Gasteiger partial charge in [0.2, 0.25) is 0 Å². The van der Waals surface area contributed by atoms with E-state index in [2.05, 4.69) is 24.2 Å². The normalized spacial score (nSPS) is 13.2. The summed E-state index contributed by atoms with van der Waals surface area (Å²) in [6, 6.07) is 17.8. The minimum Gasteiger partial charge on any atom is -0.481 e. The van der Waals surface area contributed by atoms with Gasteiger partial charge in [0.1, 0.15) is 0 Å². The topological polar surface area (TPSA) is 75.4 Å². The summed E-state index contributed by atoms with van der Waals surface area (Å²) in [5.41, 5.74) is 5.71. The number of benzene rings is 2. The molecule has 0 bridgehead atoms. The third kappa shape index (κ3) is 4.06. The lowest BCUT2D eigenvalue weighted by molar-refractivity contribution is -0.136. The third-order valence-electron chi connectivity index (χ3n) is 5.30. The number of carboxylic acid groups (broad SMARTS) is 1. The molecule has 0 aliphatic carbocycles. The fourth-order valence-electron chi connectivity index (χ4n) is 3.76. The van der Waals surface area contributed by atoms with Crippen molar-refractivity contribution >= 4 is 11.9 Å². The Morgan fingerprint density at radius 3 is 2.69 bits per heavy atom. The van der Waals surface area contributed by atoms with E-state index in [9.17, 15) is 9.59 Å². The first-order chi connectivity index (χ1) is 14.0. The number of amides is 1. The number of hydrogen-bond acceptors (Lipinski definition) is 3. The van der Waals surface area contributed by atoms with Crippen molar-refractivity contribution in [2.75, 3.05) is 6.54 Å². The average molecular weight is 389 g/mol. The molecular formula is C23H23N3O3. The molecule has 1 aliphatic heterocycles. The molecule has 3 aromatic rings. The minimum atomic E-state index is -0.832. The van der Waals surface area contributed by atoms with E-state index in [1.165, 1.54) is 5.56 Å². The van der Waals surface area contributed by atoms with E-state index in [1.807, 2.05) is 52.0 Å². The van der Waals surface area contributed by atoms with Crippen LogP contribution in [-0.2, 0) is 24.3 Å². The number of fused-ring (bicyclic) bond motifs is 1. The zero-order valence-corrected chi connectivity index (χ0v) is 16.3. The van der Waals surface area contributed by atoms with Crippen LogP contribution in [0.4, 0.5) is 0 Å². The lowest BCUT2D eigenvalue weighted by Crippen LogP contribution is -2.38. The predicted molar refractivity (Wildman–Crippen MR) is 110 cm³/mol. The molecule has 0 fully saturated rings. The standard InChI is InChI=1S/C23H23N3O3/c1-16-5-2-3-8-21(16)17-6-4-7-18(13-17)23(29)25-11-12-26-20(15-25)14-19(24-26)9-10-22(27)28/h2-8,13-14H,9-12,15H2,1H3,(H,27,28). The zero-order chi connectivity index (χ0) is 20.4. The van der Waals surface area contributed by atoms with Crippen LogP contribution in [0.1, 0.15) is 33.7 Å². The van der Waals surface area contributed by atoms with Crippen LogP contribution in [0.2, 0.25) is 0 Å². The Bertz CT molecular complexity index is 1070. The van der Waals surface area contributed by atoms with Gasteiger partial charge in [-0.15, -0.1) is 0 Å². The van der Waals surface area contributed by atoms with Crippen LogP contribution >= 0.6 is 0 Å². The van der Waals surface area contributed by atoms with Crippen LogP contribution in [-0.4, -0.2) is 38.2 Å². The highest BCUT2D eigenvalue weighted by Gasteiger charge is 2.23. The van der Waals surface area contributed by atoms with Gasteiger partial charge in [-0.25, -0.2) is 0 Å². The maximum Gasteiger partial charge on any atom is 0.303 e. The van der Waals surface area contributed by atoms with Gasteiger partial charge in [0.05, 0.1) is 30.9 Å². The first-order valence-corrected chi connectivity index (χ1v) is 9.74. The average Bonchev–Trinajstić information content (AvgIpc) is 3.14. The van der Waals surface area contributed by atoms with Crippen LogP contribution in [0.15, 0.2) is 54.6 Å². The van der Waals surface area contributed by atoms with Crippen molar-refractivity contribution in [1.82, 2.24) is 14.7 Å². The lowest BCUT2D eigenvalue weighted by atomic mass is 9.98. The van der Waals surface area contributed by atoms with Crippen LogP contribution < -0.4 is 0 Å². The molecule has 0 spiro atoms. The molecule has 148 valence electrons. The largest absolute Gasteiger partial charge is 0.481 e. The summed E-state index contributed by atoms with van der Waals surface area (Å²) in [7, 11) is 0. The molecule has 6 nitrogen and oxygen atoms in total. The van der Waals surface area contributed by atoms with Gasteiger partial charge in [-0.1, -0.05) is 36.4 Å². The quantitative estimate of drug-likeness (QED) is 0.724. The highest BCUT2D eigenvalue weighted by molar-refractivity contribution is 5.95. The number of carbonyl (C=O) groups excluding carboxylic acids is 1. The van der Waals surface area contributed by atoms with E-state index in [0.717, 1.165) is 22.5 Å². The monoisotopic (exact) mass is 389 g/mol. The van der Waals surface area contributed by atoms with Crippen LogP contribution in [0.25, 0.3) is 11.1 Å². The van der Waals surface area contributed by atoms with E-state index < -0.39 is 5.97 Å². The number of aromatic nitrogens is 2. The smallest absolute Gasteiger partial charge is 0.303 e. The molecule has 0 atom stereocenters. The summed E-state index contributed by atoms with van der Waals surface area (Å²) in [6.45, 7) is 3.75. The Kier molecular flexibility index (Phi) is 5.16. The molecular weight excluding hydrogens is 366 g/mol. The number of aryl methyl sites for hydroxylation is 2. The van der Waals surface area contributed by atoms with Crippen molar-refractivity contribution in [3.05, 3.63) is 77.1 Å². The number of nitrogens with zero attached hydrogens (tertiary/aromatic N) is 3. The summed E-state index contributed by atoms with van der Waals surface area (Å²) in [5, 5.41) is 13.3. The molecule has 1 amide bonds. The van der Waals surface area contributed by atoms with Crippen molar-refractivity contribution in [3.8, 4) is 11.1 Å². The molecule has 4 rings (SSSR count). The third-order valence-corrected chi connectivity index (χ3v) is 5.30. The van der Waals surface area contributed by atoms with Gasteiger partial charge in [0.25, 0.3) is 5.91 Å². The van der Waals surface area contributed by atoms with Crippen LogP contribution in [0, 0.1) is 6.92 Å². The summed E-state index contributed by atoms with van der Waals surface area (Å²) < 4.78 is 1.88. The second kappa shape index (κ2) is 7.91. The lowest BCUT2D eigenvalue weighted by Gasteiger charge is -2.28. The predicted octanol–water partition coefficient (Wildman–Crippen LogP) is 3.53. The summed E-state index contributed by atoms with van der Waals surface area (Å²) in [4.78, 5) is 25.7. The Morgan fingerprint density at radius 1 is 1.07 bits per heavy atom. The molecule has 1 aliphatic rings. The second-order valence-electron chi connectivity index (χ2n) is 7.37. The van der Waals surface area contributed by atoms with Crippen LogP contribution in [0.5, 0.6) is 0 Å². The fourth-order valence-corrected chi connectivity index (χ4v) is 3.76. The van der Waals surface area contributed by atoms with Gasteiger partial charge in [0.15, 0.2) is 0 Å². The van der Waals surface area contributed by atoms with Gasteiger partial charge >= 0.3 is 5.97 Å². The Labute approximate surface area is 169 Å². The first kappa shape index (κ1) is 18.9. The van der Waals surface area contributed by atoms with Crippen LogP contribution in [0.3, 0.4) is 0 Å². The molecule has 0 saturated carbocycles. The molecule has 29 heavy (non-hydrogen) atoms. The molecule has 2 aromatic carbocycles. The fraction of sp³-hybridized carbons (Fsp3) is 0.261. The van der Waals surface area contributed by atoms with Crippen molar-refractivity contribution in [1.29, 1.82) is 0 Å². The van der Waals surface area contributed by atoms with Crippen molar-refractivity contribution in [2.45, 2.75) is 32.9 Å². The zero-order valence-electron chi connectivity index (χ0n) is 16.3. The number of aliphatic carboxylic acids is 1. The van der Waals surface area contributed by atoms with Gasteiger partial charge in [-0.05, 0) is 41.8 Å². The van der Waals surface area contributed by atoms with Gasteiger partial charge in [-0.3, -0.25) is 14.3 Å². The number of carboxylic acids is 1. The Hall–Kier alpha value is -3.41. The highest BCUT2D eigenvalue weighted by atomic mass is 16.4. The van der Waals surface area contributed by atoms with E-state index in [0.29, 0.717) is 31.6 Å². The Balaban J connectivity index is 1.52. The highest BCUT2D eigenvalue weighted by Crippen LogP contribution is 2.25. The van der Waals surface area contributed by atoms with E-state index >= 15 is 0 Å². The summed E-state index contributed by atoms with van der Waals surface area (Å²) >= 11 is 0. The minimum absolute atomic E-state index is 0.0000276. The van der Waals surface area contributed by atoms with E-state index in [-0.39, 0.29) is 12.3 Å². The number of carbonyl (C=O) groups is 2. The van der Waals surface area contributed by atoms with Crippen molar-refractivity contribution < 1.29 is 14.7 Å². The van der Waals surface area contributed by atoms with Crippen molar-refractivity contribution in [3.63, 3.8) is 0 Å². The molecule has 1 aromatic heterocycles. The van der Waals surface area contributed by atoms with Gasteiger partial charge in [-0.2, -0.15) is 5.10 Å². The molecule has 0 saturated heterocycles. The SMILES string of the molecule is Cc1ccccc1-c1cccc(C(=O)N2CCn3nc(CCC(=O)O)cc3C2)c1. The van der Waals surface area contributed by atoms with Crippen molar-refractivity contribution in [2.24, 2.45) is 0 Å². The van der Waals surface area contributed by atoms with Gasteiger partial charge < -0.3 is 10.0 Å². The second-order valence-corrected chi connectivity index (χ2v) is 7.37.